The summed E-state index contributed by atoms with van der Waals surface area (Å²) >= 11 is 0. The van der Waals surface area contributed by atoms with Gasteiger partial charge in [0.1, 0.15) is 23.0 Å². The lowest BCUT2D eigenvalue weighted by Gasteiger charge is -2.35. The minimum absolute atomic E-state index is 0.0495. The van der Waals surface area contributed by atoms with Crippen molar-refractivity contribution in [1.29, 1.82) is 0 Å². The summed E-state index contributed by atoms with van der Waals surface area (Å²) in [5.74, 6) is -3.35. The fourth-order valence-electron chi connectivity index (χ4n) is 7.36. The van der Waals surface area contributed by atoms with Crippen LogP contribution in [0.2, 0.25) is 0 Å². The summed E-state index contributed by atoms with van der Waals surface area (Å²) in [4.78, 5) is 93.3. The van der Waals surface area contributed by atoms with Crippen molar-refractivity contribution in [2.24, 2.45) is 0 Å². The van der Waals surface area contributed by atoms with E-state index in [1.54, 1.807) is 27.7 Å². The Hall–Kier alpha value is -7.40. The number of rotatable bonds is 36. The quantitative estimate of drug-likeness (QED) is 0.0181. The first-order valence-electron chi connectivity index (χ1n) is 25.4. The first kappa shape index (κ1) is 60.2. The van der Waals surface area contributed by atoms with E-state index >= 15 is 0 Å². The molecule has 4 rings (SSSR count). The van der Waals surface area contributed by atoms with Crippen molar-refractivity contribution in [2.45, 2.75) is 104 Å². The number of carbonyl (C=O) groups excluding carboxylic acids is 8. The van der Waals surface area contributed by atoms with Crippen LogP contribution in [-0.2, 0) is 72.9 Å². The maximum absolute atomic E-state index is 11.8. The number of carbonyl (C=O) groups is 8. The number of benzene rings is 4. The van der Waals surface area contributed by atoms with Gasteiger partial charge in [0.05, 0.1) is 66.1 Å². The summed E-state index contributed by atoms with van der Waals surface area (Å²) in [6.07, 6.45) is 1.87. The lowest BCUT2D eigenvalue weighted by Crippen LogP contribution is -2.35. The zero-order chi connectivity index (χ0) is 54.6. The lowest BCUT2D eigenvalue weighted by molar-refractivity contribution is -0.154. The number of ketones is 4. The minimum atomic E-state index is -0.853. The third-order valence-electron chi connectivity index (χ3n) is 12.1. The van der Waals surface area contributed by atoms with E-state index in [1.807, 2.05) is 97.1 Å². The third kappa shape index (κ3) is 19.1. The molecule has 4 aromatic rings. The summed E-state index contributed by atoms with van der Waals surface area (Å²) in [6, 6.07) is 30.6. The fraction of sp³-hybridized carbons (Fsp3) is 0.448. The van der Waals surface area contributed by atoms with Gasteiger partial charge < -0.3 is 42.6 Å². The van der Waals surface area contributed by atoms with E-state index in [2.05, 4.69) is 13.8 Å². The molecule has 0 saturated carbocycles. The zero-order valence-corrected chi connectivity index (χ0v) is 43.9. The van der Waals surface area contributed by atoms with E-state index < -0.39 is 57.8 Å². The molecule has 0 aliphatic carbocycles. The monoisotopic (exact) mass is 1040 g/mol. The smallest absolute Gasteiger partial charge is 0.374 e. The molecule has 0 heterocycles. The number of Topliss-reactive ketones (excluding diaryl/α,β-unsaturated/α-hetero) is 4. The largest absolute Gasteiger partial charge is 0.493 e. The first-order valence-corrected chi connectivity index (χ1v) is 25.4. The Morgan fingerprint density at radius 2 is 0.520 bits per heavy atom. The SMILES string of the molecule is CCC(=O)C(=O)OCCCOc1ccc(C(C)(COCC(C)(c2ccc(OCCCOC(=O)C(=O)CC)cc2)c2ccc(OCCCOC(=O)C(=O)CC)cc2)c2ccc(OCCCOC(=O)C(=O)CC)cc2)cc1. The molecule has 0 aliphatic heterocycles. The minimum Gasteiger partial charge on any atom is -0.493 e. The Labute approximate surface area is 438 Å². The average Bonchev–Trinajstić information content (AvgIpc) is 3.44. The van der Waals surface area contributed by atoms with Crippen LogP contribution >= 0.6 is 0 Å². The molecule has 404 valence electrons. The van der Waals surface area contributed by atoms with E-state index in [0.717, 1.165) is 22.3 Å². The molecule has 0 N–H and O–H groups in total. The van der Waals surface area contributed by atoms with E-state index in [9.17, 15) is 38.4 Å². The maximum atomic E-state index is 11.8. The molecule has 0 unspecified atom stereocenters. The Kier molecular flexibility index (Phi) is 25.2. The Bertz CT molecular complexity index is 2140. The summed E-state index contributed by atoms with van der Waals surface area (Å²) in [6.45, 7) is 12.2. The fourth-order valence-corrected chi connectivity index (χ4v) is 7.36. The van der Waals surface area contributed by atoms with Crippen molar-refractivity contribution in [3.05, 3.63) is 119 Å². The highest BCUT2D eigenvalue weighted by atomic mass is 16.6. The molecule has 0 aromatic heterocycles. The van der Waals surface area contributed by atoms with Crippen molar-refractivity contribution in [2.75, 3.05) is 66.1 Å². The molecule has 0 amide bonds. The van der Waals surface area contributed by atoms with E-state index in [-0.39, 0.29) is 91.8 Å². The highest BCUT2D eigenvalue weighted by Gasteiger charge is 2.34. The molecular formula is C58H70O17. The molecule has 17 nitrogen and oxygen atoms in total. The molecule has 4 aromatic carbocycles. The maximum Gasteiger partial charge on any atom is 0.374 e. The molecule has 0 bridgehead atoms. The van der Waals surface area contributed by atoms with Gasteiger partial charge >= 0.3 is 23.9 Å². The van der Waals surface area contributed by atoms with Crippen LogP contribution in [0.25, 0.3) is 0 Å². The molecule has 75 heavy (non-hydrogen) atoms. The summed E-state index contributed by atoms with van der Waals surface area (Å²) in [5, 5.41) is 0. The van der Waals surface area contributed by atoms with Gasteiger partial charge in [-0.15, -0.1) is 0 Å². The van der Waals surface area contributed by atoms with Crippen molar-refractivity contribution in [3.63, 3.8) is 0 Å². The van der Waals surface area contributed by atoms with Gasteiger partial charge in [-0.3, -0.25) is 19.2 Å². The van der Waals surface area contributed by atoms with Gasteiger partial charge in [-0.1, -0.05) is 76.2 Å². The molecule has 0 fully saturated rings. The van der Waals surface area contributed by atoms with Gasteiger partial charge in [0.25, 0.3) is 0 Å². The average molecular weight is 1040 g/mol. The molecule has 17 heteroatoms. The first-order chi connectivity index (χ1) is 36.1. The van der Waals surface area contributed by atoms with Crippen molar-refractivity contribution >= 4 is 47.0 Å². The van der Waals surface area contributed by atoms with Gasteiger partial charge in [-0.05, 0) is 84.6 Å². The second-order valence-corrected chi connectivity index (χ2v) is 17.7. The van der Waals surface area contributed by atoms with Crippen molar-refractivity contribution in [3.8, 4) is 23.0 Å². The number of hydrogen-bond donors (Lipinski definition) is 0. The number of esters is 4. The highest BCUT2D eigenvalue weighted by Crippen LogP contribution is 2.38. The van der Waals surface area contributed by atoms with Crippen LogP contribution in [0, 0.1) is 0 Å². The van der Waals surface area contributed by atoms with Gasteiger partial charge in [-0.25, -0.2) is 19.2 Å². The molecule has 0 spiro atoms. The number of hydrogen-bond acceptors (Lipinski definition) is 17. The second kappa shape index (κ2) is 31.4. The summed E-state index contributed by atoms with van der Waals surface area (Å²) in [5.41, 5.74) is 2.21. The van der Waals surface area contributed by atoms with Crippen LogP contribution in [0.3, 0.4) is 0 Å². The van der Waals surface area contributed by atoms with Crippen LogP contribution < -0.4 is 18.9 Å². The van der Waals surface area contributed by atoms with E-state index in [4.69, 9.17) is 42.6 Å². The van der Waals surface area contributed by atoms with Crippen LogP contribution in [0.5, 0.6) is 23.0 Å². The summed E-state index contributed by atoms with van der Waals surface area (Å²) < 4.78 is 50.8. The summed E-state index contributed by atoms with van der Waals surface area (Å²) in [7, 11) is 0. The number of ether oxygens (including phenoxy) is 9. The standard InChI is InChI=1S/C58H70O17/c1-7-49(59)53(63)72-35-11-31-68-45-23-15-41(16-24-45)57(5,42-17-25-46(26-18-42)69-32-12-36-73-54(64)50(60)8-2)39-67-40-58(6,43-19-27-47(28-20-43)70-33-13-37-74-55(65)51(61)9-3)44-21-29-48(30-22-44)71-34-14-38-75-56(66)52(62)10-4/h15-30H,7-14,31-40H2,1-6H3. The van der Waals surface area contributed by atoms with Gasteiger partial charge in [0, 0.05) is 62.2 Å². The second-order valence-electron chi connectivity index (χ2n) is 17.7. The van der Waals surface area contributed by atoms with Crippen LogP contribution in [0.4, 0.5) is 0 Å². The predicted octanol–water partition coefficient (Wildman–Crippen LogP) is 8.18. The highest BCUT2D eigenvalue weighted by molar-refractivity contribution is 6.34. The zero-order valence-electron chi connectivity index (χ0n) is 43.9. The van der Waals surface area contributed by atoms with Crippen LogP contribution in [0.1, 0.15) is 115 Å². The molecule has 0 saturated heterocycles. The molecular weight excluding hydrogens is 969 g/mol. The Morgan fingerprint density at radius 3 is 0.707 bits per heavy atom. The normalized spacial score (nSPS) is 11.2. The molecule has 0 aliphatic rings. The van der Waals surface area contributed by atoms with Crippen molar-refractivity contribution in [1.82, 2.24) is 0 Å². The molecule has 0 atom stereocenters. The predicted molar refractivity (Wildman–Crippen MR) is 275 cm³/mol. The Balaban J connectivity index is 1.55. The van der Waals surface area contributed by atoms with Gasteiger partial charge in [0.2, 0.25) is 23.1 Å². The topological polar surface area (TPSA) is 220 Å². The van der Waals surface area contributed by atoms with Crippen molar-refractivity contribution < 1.29 is 81.0 Å². The Morgan fingerprint density at radius 1 is 0.320 bits per heavy atom. The van der Waals surface area contributed by atoms with Gasteiger partial charge in [-0.2, -0.15) is 0 Å². The van der Waals surface area contributed by atoms with E-state index in [1.165, 1.54) is 0 Å². The lowest BCUT2D eigenvalue weighted by atomic mass is 9.75. The van der Waals surface area contributed by atoms with Crippen LogP contribution in [0.15, 0.2) is 97.1 Å². The van der Waals surface area contributed by atoms with Crippen LogP contribution in [-0.4, -0.2) is 113 Å². The van der Waals surface area contributed by atoms with E-state index in [0.29, 0.717) is 48.7 Å². The molecule has 0 radical (unpaired) electrons. The van der Waals surface area contributed by atoms with Gasteiger partial charge in [0.15, 0.2) is 0 Å². The third-order valence-corrected chi connectivity index (χ3v) is 12.1.